The number of rotatable bonds is 5. The van der Waals surface area contributed by atoms with E-state index < -0.39 is 0 Å². The Bertz CT molecular complexity index is 592. The van der Waals surface area contributed by atoms with Gasteiger partial charge in [-0.2, -0.15) is 4.98 Å². The first-order valence-corrected chi connectivity index (χ1v) is 6.13. The second-order valence-electron chi connectivity index (χ2n) is 4.21. The fourth-order valence-corrected chi connectivity index (χ4v) is 1.92. The molecular weight excluding hydrogens is 244 g/mol. The molecule has 0 aromatic carbocycles. The molecule has 0 fully saturated rings. The van der Waals surface area contributed by atoms with Crippen LogP contribution in [0.4, 0.5) is 5.69 Å². The number of aryl methyl sites for hydroxylation is 2. The maximum atomic E-state index is 10.9. The number of nitroso groups, excluding NO2 is 1. The average molecular weight is 260 g/mol. The van der Waals surface area contributed by atoms with Crippen LogP contribution in [0.2, 0.25) is 0 Å². The standard InChI is InChI=1S/C13H16N4O2/c1-4-5-11-14-9(2)8-17(11)13-10(16-18)6-7-12(15-13)19-3/h6-8H,4-5H2,1-3H3. The van der Waals surface area contributed by atoms with Crippen molar-refractivity contribution in [3.8, 4) is 11.7 Å². The highest BCUT2D eigenvalue weighted by molar-refractivity contribution is 5.54. The molecule has 19 heavy (non-hydrogen) atoms. The number of aromatic nitrogens is 3. The largest absolute Gasteiger partial charge is 0.481 e. The van der Waals surface area contributed by atoms with Crippen molar-refractivity contribution < 1.29 is 4.74 Å². The Balaban J connectivity index is 2.59. The number of hydrogen-bond acceptors (Lipinski definition) is 5. The van der Waals surface area contributed by atoms with E-state index in [0.717, 1.165) is 24.4 Å². The van der Waals surface area contributed by atoms with Gasteiger partial charge in [-0.1, -0.05) is 6.92 Å². The fourth-order valence-electron chi connectivity index (χ4n) is 1.92. The van der Waals surface area contributed by atoms with Crippen LogP contribution in [0.5, 0.6) is 5.88 Å². The first kappa shape index (κ1) is 13.2. The minimum atomic E-state index is 0.274. The molecule has 0 unspecified atom stereocenters. The van der Waals surface area contributed by atoms with Crippen LogP contribution in [-0.4, -0.2) is 21.6 Å². The summed E-state index contributed by atoms with van der Waals surface area (Å²) in [6.07, 6.45) is 3.62. The van der Waals surface area contributed by atoms with Crippen LogP contribution in [0.25, 0.3) is 5.82 Å². The van der Waals surface area contributed by atoms with Crippen LogP contribution in [0.15, 0.2) is 23.5 Å². The average Bonchev–Trinajstić information content (AvgIpc) is 2.79. The van der Waals surface area contributed by atoms with E-state index in [1.165, 1.54) is 7.11 Å². The van der Waals surface area contributed by atoms with E-state index in [1.807, 2.05) is 13.1 Å². The second-order valence-corrected chi connectivity index (χ2v) is 4.21. The van der Waals surface area contributed by atoms with Crippen LogP contribution in [-0.2, 0) is 6.42 Å². The third kappa shape index (κ3) is 2.62. The Morgan fingerprint density at radius 2 is 2.16 bits per heavy atom. The van der Waals surface area contributed by atoms with Crippen molar-refractivity contribution in [2.24, 2.45) is 5.18 Å². The fraction of sp³-hybridized carbons (Fsp3) is 0.385. The molecule has 2 rings (SSSR count). The summed E-state index contributed by atoms with van der Waals surface area (Å²) >= 11 is 0. The van der Waals surface area contributed by atoms with Gasteiger partial charge in [0.1, 0.15) is 5.82 Å². The van der Waals surface area contributed by atoms with Crippen LogP contribution in [0.3, 0.4) is 0 Å². The molecule has 0 bridgehead atoms. The molecule has 2 heterocycles. The van der Waals surface area contributed by atoms with Crippen LogP contribution >= 0.6 is 0 Å². The smallest absolute Gasteiger partial charge is 0.215 e. The molecule has 0 saturated carbocycles. The molecule has 2 aromatic rings. The maximum Gasteiger partial charge on any atom is 0.215 e. The molecule has 0 aliphatic heterocycles. The number of imidazole rings is 1. The topological polar surface area (TPSA) is 69.4 Å². The molecule has 2 aromatic heterocycles. The molecular formula is C13H16N4O2. The van der Waals surface area contributed by atoms with Crippen molar-refractivity contribution in [1.29, 1.82) is 0 Å². The van der Waals surface area contributed by atoms with Crippen molar-refractivity contribution >= 4 is 5.69 Å². The predicted octanol–water partition coefficient (Wildman–Crippen LogP) is 2.93. The zero-order valence-electron chi connectivity index (χ0n) is 11.3. The third-order valence-electron chi connectivity index (χ3n) is 2.74. The van der Waals surface area contributed by atoms with Crippen molar-refractivity contribution in [3.05, 3.63) is 34.8 Å². The first-order valence-electron chi connectivity index (χ1n) is 6.13. The lowest BCUT2D eigenvalue weighted by Gasteiger charge is -2.09. The quantitative estimate of drug-likeness (QED) is 0.775. The molecule has 0 amide bonds. The van der Waals surface area contributed by atoms with Gasteiger partial charge in [0.2, 0.25) is 5.88 Å². The molecule has 6 nitrogen and oxygen atoms in total. The lowest BCUT2D eigenvalue weighted by molar-refractivity contribution is 0.397. The molecule has 0 saturated heterocycles. The summed E-state index contributed by atoms with van der Waals surface area (Å²) in [7, 11) is 1.53. The molecule has 0 spiro atoms. The van der Waals surface area contributed by atoms with Gasteiger partial charge in [0.25, 0.3) is 0 Å². The lowest BCUT2D eigenvalue weighted by atomic mass is 10.3. The van der Waals surface area contributed by atoms with Gasteiger partial charge in [-0.3, -0.25) is 4.57 Å². The summed E-state index contributed by atoms with van der Waals surface area (Å²) in [6.45, 7) is 3.98. The van der Waals surface area contributed by atoms with Crippen LogP contribution < -0.4 is 4.74 Å². The third-order valence-corrected chi connectivity index (χ3v) is 2.74. The molecule has 0 radical (unpaired) electrons. The van der Waals surface area contributed by atoms with Gasteiger partial charge in [-0.15, -0.1) is 4.91 Å². The maximum absolute atomic E-state index is 10.9. The Kier molecular flexibility index (Phi) is 3.89. The van der Waals surface area contributed by atoms with Crippen molar-refractivity contribution in [3.63, 3.8) is 0 Å². The molecule has 0 aliphatic carbocycles. The Hall–Kier alpha value is -2.24. The van der Waals surface area contributed by atoms with Crippen LogP contribution in [0.1, 0.15) is 24.9 Å². The molecule has 6 heteroatoms. The minimum absolute atomic E-state index is 0.274. The van der Waals surface area contributed by atoms with E-state index in [4.69, 9.17) is 4.74 Å². The summed E-state index contributed by atoms with van der Waals surface area (Å²) in [4.78, 5) is 19.7. The predicted molar refractivity (Wildman–Crippen MR) is 72.1 cm³/mol. The number of nitrogens with zero attached hydrogens (tertiary/aromatic N) is 4. The molecule has 0 N–H and O–H groups in total. The van der Waals surface area contributed by atoms with E-state index in [1.54, 1.807) is 16.7 Å². The van der Waals surface area contributed by atoms with Gasteiger partial charge < -0.3 is 4.74 Å². The Labute approximate surface area is 111 Å². The number of methoxy groups -OCH3 is 1. The molecule has 0 aliphatic rings. The van der Waals surface area contributed by atoms with Gasteiger partial charge in [-0.05, 0) is 24.6 Å². The van der Waals surface area contributed by atoms with Gasteiger partial charge in [0, 0.05) is 18.7 Å². The van der Waals surface area contributed by atoms with E-state index in [2.05, 4.69) is 22.1 Å². The van der Waals surface area contributed by atoms with Gasteiger partial charge in [0.15, 0.2) is 11.5 Å². The lowest BCUT2D eigenvalue weighted by Crippen LogP contribution is -2.03. The van der Waals surface area contributed by atoms with Crippen LogP contribution in [0, 0.1) is 11.8 Å². The van der Waals surface area contributed by atoms with Crippen molar-refractivity contribution in [2.45, 2.75) is 26.7 Å². The second kappa shape index (κ2) is 5.60. The Morgan fingerprint density at radius 1 is 1.37 bits per heavy atom. The SMILES string of the molecule is CCCc1nc(C)cn1-c1nc(OC)ccc1N=O. The summed E-state index contributed by atoms with van der Waals surface area (Å²) in [5, 5.41) is 3.02. The van der Waals surface area contributed by atoms with E-state index in [-0.39, 0.29) is 5.69 Å². The zero-order valence-corrected chi connectivity index (χ0v) is 11.3. The number of pyridine rings is 1. The molecule has 100 valence electrons. The van der Waals surface area contributed by atoms with Crippen molar-refractivity contribution in [2.75, 3.05) is 7.11 Å². The highest BCUT2D eigenvalue weighted by Crippen LogP contribution is 2.26. The minimum Gasteiger partial charge on any atom is -0.481 e. The molecule has 0 atom stereocenters. The van der Waals surface area contributed by atoms with Gasteiger partial charge >= 0.3 is 0 Å². The summed E-state index contributed by atoms with van der Waals surface area (Å²) in [5.74, 6) is 1.76. The number of hydrogen-bond donors (Lipinski definition) is 0. The highest BCUT2D eigenvalue weighted by Gasteiger charge is 2.14. The number of ether oxygens (including phenoxy) is 1. The highest BCUT2D eigenvalue weighted by atomic mass is 16.5. The van der Waals surface area contributed by atoms with Gasteiger partial charge in [-0.25, -0.2) is 4.98 Å². The van der Waals surface area contributed by atoms with Gasteiger partial charge in [0.05, 0.1) is 12.8 Å². The van der Waals surface area contributed by atoms with Crippen molar-refractivity contribution in [1.82, 2.24) is 14.5 Å². The first-order chi connectivity index (χ1) is 9.19. The monoisotopic (exact) mass is 260 g/mol. The van der Waals surface area contributed by atoms with E-state index in [9.17, 15) is 4.91 Å². The zero-order chi connectivity index (χ0) is 13.8. The normalized spacial score (nSPS) is 10.5. The summed E-state index contributed by atoms with van der Waals surface area (Å²) in [5.41, 5.74) is 1.15. The van der Waals surface area contributed by atoms with E-state index >= 15 is 0 Å². The van der Waals surface area contributed by atoms with E-state index in [0.29, 0.717) is 11.7 Å². The summed E-state index contributed by atoms with van der Waals surface area (Å²) < 4.78 is 6.90. The Morgan fingerprint density at radius 3 is 2.79 bits per heavy atom. The summed E-state index contributed by atoms with van der Waals surface area (Å²) in [6, 6.07) is 3.21.